The predicted octanol–water partition coefficient (Wildman–Crippen LogP) is 3.05. The van der Waals surface area contributed by atoms with Gasteiger partial charge in [-0.1, -0.05) is 18.2 Å². The molecule has 1 aromatic heterocycles. The summed E-state index contributed by atoms with van der Waals surface area (Å²) in [7, 11) is 0. The average molecular weight is 314 g/mol. The number of likely N-dealkylation sites (tertiary alicyclic amines) is 1. The number of aromatic nitrogens is 1. The Bertz CT molecular complexity index is 678. The van der Waals surface area contributed by atoms with Crippen molar-refractivity contribution in [1.29, 1.82) is 0 Å². The molecule has 1 aliphatic rings. The molecule has 3 rings (SSSR count). The molecule has 2 aromatic rings. The van der Waals surface area contributed by atoms with Crippen LogP contribution in [0, 0.1) is 5.82 Å². The summed E-state index contributed by atoms with van der Waals surface area (Å²) in [5.74, 6) is -1.12. The molecule has 2 heterocycles. The van der Waals surface area contributed by atoms with Crippen molar-refractivity contribution in [3.63, 3.8) is 0 Å². The van der Waals surface area contributed by atoms with Gasteiger partial charge in [0.15, 0.2) is 0 Å². The Morgan fingerprint density at radius 3 is 2.91 bits per heavy atom. The highest BCUT2D eigenvalue weighted by atomic mass is 19.1. The molecule has 5 heteroatoms. The average Bonchev–Trinajstić information content (AvgIpc) is 3.03. The first-order chi connectivity index (χ1) is 11.1. The number of pyridine rings is 1. The maximum Gasteiger partial charge on any atom is 0.320 e. The lowest BCUT2D eigenvalue weighted by molar-refractivity contribution is -0.143. The molecule has 1 fully saturated rings. The van der Waals surface area contributed by atoms with Crippen LogP contribution in [0.15, 0.2) is 48.7 Å². The standard InChI is InChI=1S/C18H19FN2O2/c19-14-6-3-5-13(11-14)17(12-15-7-1-2-9-20-15)21-10-4-8-16(21)18(22)23/h1-3,5-7,9,11,16-17H,4,8,10,12H2,(H,22,23). The van der Waals surface area contributed by atoms with Crippen molar-refractivity contribution in [2.24, 2.45) is 0 Å². The molecule has 2 atom stereocenters. The van der Waals surface area contributed by atoms with E-state index in [9.17, 15) is 14.3 Å². The third-order valence-electron chi connectivity index (χ3n) is 4.34. The Morgan fingerprint density at radius 1 is 1.35 bits per heavy atom. The van der Waals surface area contributed by atoms with Crippen molar-refractivity contribution in [3.8, 4) is 0 Å². The quantitative estimate of drug-likeness (QED) is 0.921. The van der Waals surface area contributed by atoms with E-state index in [1.54, 1.807) is 12.3 Å². The Hall–Kier alpha value is -2.27. The molecule has 0 radical (unpaired) electrons. The van der Waals surface area contributed by atoms with Gasteiger partial charge in [-0.2, -0.15) is 0 Å². The molecule has 0 aliphatic carbocycles. The second kappa shape index (κ2) is 6.87. The van der Waals surface area contributed by atoms with Crippen LogP contribution in [0.5, 0.6) is 0 Å². The third kappa shape index (κ3) is 3.56. The smallest absolute Gasteiger partial charge is 0.320 e. The topological polar surface area (TPSA) is 53.4 Å². The summed E-state index contributed by atoms with van der Waals surface area (Å²) in [4.78, 5) is 17.8. The molecule has 120 valence electrons. The van der Waals surface area contributed by atoms with E-state index in [0.29, 0.717) is 19.4 Å². The second-order valence-corrected chi connectivity index (χ2v) is 5.83. The lowest BCUT2D eigenvalue weighted by Crippen LogP contribution is -2.39. The Morgan fingerprint density at radius 2 is 2.22 bits per heavy atom. The molecule has 23 heavy (non-hydrogen) atoms. The van der Waals surface area contributed by atoms with Crippen LogP contribution in [-0.2, 0) is 11.2 Å². The molecule has 2 unspecified atom stereocenters. The second-order valence-electron chi connectivity index (χ2n) is 5.83. The zero-order chi connectivity index (χ0) is 16.2. The molecule has 0 amide bonds. The van der Waals surface area contributed by atoms with Gasteiger partial charge < -0.3 is 5.11 Å². The van der Waals surface area contributed by atoms with Gasteiger partial charge in [-0.25, -0.2) is 4.39 Å². The number of carboxylic acids is 1. The summed E-state index contributed by atoms with van der Waals surface area (Å²) in [6.45, 7) is 0.699. The minimum atomic E-state index is -0.815. The number of rotatable bonds is 5. The Balaban J connectivity index is 1.94. The van der Waals surface area contributed by atoms with Gasteiger partial charge in [0.2, 0.25) is 0 Å². The summed E-state index contributed by atoms with van der Waals surface area (Å²) in [6, 6.07) is 11.4. The van der Waals surface area contributed by atoms with Crippen LogP contribution >= 0.6 is 0 Å². The van der Waals surface area contributed by atoms with Gasteiger partial charge in [-0.3, -0.25) is 14.7 Å². The number of nitrogens with zero attached hydrogens (tertiary/aromatic N) is 2. The van der Waals surface area contributed by atoms with E-state index in [0.717, 1.165) is 17.7 Å². The van der Waals surface area contributed by atoms with Crippen LogP contribution in [0.2, 0.25) is 0 Å². The van der Waals surface area contributed by atoms with Crippen molar-refractivity contribution in [2.75, 3.05) is 6.54 Å². The molecule has 1 N–H and O–H groups in total. The Kier molecular flexibility index (Phi) is 4.67. The van der Waals surface area contributed by atoms with Gasteiger partial charge in [0.25, 0.3) is 0 Å². The van der Waals surface area contributed by atoms with E-state index in [1.165, 1.54) is 12.1 Å². The van der Waals surface area contributed by atoms with E-state index in [2.05, 4.69) is 4.98 Å². The van der Waals surface area contributed by atoms with E-state index < -0.39 is 12.0 Å². The fourth-order valence-corrected chi connectivity index (χ4v) is 3.28. The van der Waals surface area contributed by atoms with Crippen molar-refractivity contribution in [1.82, 2.24) is 9.88 Å². The highest BCUT2D eigenvalue weighted by Crippen LogP contribution is 2.32. The first-order valence-corrected chi connectivity index (χ1v) is 7.79. The fourth-order valence-electron chi connectivity index (χ4n) is 3.28. The largest absolute Gasteiger partial charge is 0.480 e. The minimum Gasteiger partial charge on any atom is -0.480 e. The highest BCUT2D eigenvalue weighted by Gasteiger charge is 2.36. The van der Waals surface area contributed by atoms with Gasteiger partial charge in [-0.05, 0) is 49.2 Å². The number of hydrogen-bond donors (Lipinski definition) is 1. The van der Waals surface area contributed by atoms with Crippen LogP contribution in [0.25, 0.3) is 0 Å². The normalized spacial score (nSPS) is 19.6. The van der Waals surface area contributed by atoms with Gasteiger partial charge in [0, 0.05) is 24.4 Å². The number of aliphatic carboxylic acids is 1. The minimum absolute atomic E-state index is 0.191. The third-order valence-corrected chi connectivity index (χ3v) is 4.34. The van der Waals surface area contributed by atoms with Crippen LogP contribution in [0.4, 0.5) is 4.39 Å². The summed E-state index contributed by atoms with van der Waals surface area (Å²) >= 11 is 0. The summed E-state index contributed by atoms with van der Waals surface area (Å²) in [5, 5.41) is 9.47. The summed E-state index contributed by atoms with van der Waals surface area (Å²) < 4.78 is 13.7. The van der Waals surface area contributed by atoms with E-state index in [1.807, 2.05) is 29.2 Å². The van der Waals surface area contributed by atoms with E-state index >= 15 is 0 Å². The zero-order valence-electron chi connectivity index (χ0n) is 12.7. The van der Waals surface area contributed by atoms with Gasteiger partial charge >= 0.3 is 5.97 Å². The van der Waals surface area contributed by atoms with Crippen LogP contribution in [-0.4, -0.2) is 33.5 Å². The van der Waals surface area contributed by atoms with E-state index in [-0.39, 0.29) is 11.9 Å². The predicted molar refractivity (Wildman–Crippen MR) is 84.4 cm³/mol. The summed E-state index contributed by atoms with van der Waals surface area (Å²) in [6.07, 6.45) is 3.75. The molecule has 0 bridgehead atoms. The molecule has 0 spiro atoms. The molecule has 1 saturated heterocycles. The number of carboxylic acid groups (broad SMARTS) is 1. The fraction of sp³-hybridized carbons (Fsp3) is 0.333. The molecule has 1 aromatic carbocycles. The molecule has 1 aliphatic heterocycles. The van der Waals surface area contributed by atoms with E-state index in [4.69, 9.17) is 0 Å². The van der Waals surface area contributed by atoms with Gasteiger partial charge in [0.05, 0.1) is 0 Å². The lowest BCUT2D eigenvalue weighted by atomic mass is 9.98. The monoisotopic (exact) mass is 314 g/mol. The number of hydrogen-bond acceptors (Lipinski definition) is 3. The molecular weight excluding hydrogens is 295 g/mol. The maximum absolute atomic E-state index is 13.7. The van der Waals surface area contributed by atoms with Crippen molar-refractivity contribution in [3.05, 3.63) is 65.7 Å². The first kappa shape index (κ1) is 15.6. The highest BCUT2D eigenvalue weighted by molar-refractivity contribution is 5.74. The van der Waals surface area contributed by atoms with Gasteiger partial charge in [0.1, 0.15) is 11.9 Å². The van der Waals surface area contributed by atoms with Crippen molar-refractivity contribution < 1.29 is 14.3 Å². The first-order valence-electron chi connectivity index (χ1n) is 7.79. The lowest BCUT2D eigenvalue weighted by Gasteiger charge is -2.31. The molecular formula is C18H19FN2O2. The number of halogens is 1. The van der Waals surface area contributed by atoms with Crippen LogP contribution in [0.3, 0.4) is 0 Å². The van der Waals surface area contributed by atoms with Crippen LogP contribution in [0.1, 0.15) is 30.1 Å². The van der Waals surface area contributed by atoms with Crippen molar-refractivity contribution in [2.45, 2.75) is 31.3 Å². The number of benzene rings is 1. The maximum atomic E-state index is 13.7. The summed E-state index contributed by atoms with van der Waals surface area (Å²) in [5.41, 5.74) is 1.67. The van der Waals surface area contributed by atoms with Crippen LogP contribution < -0.4 is 0 Å². The Labute approximate surface area is 134 Å². The van der Waals surface area contributed by atoms with Gasteiger partial charge in [-0.15, -0.1) is 0 Å². The number of carbonyl (C=O) groups is 1. The molecule has 0 saturated carbocycles. The molecule has 4 nitrogen and oxygen atoms in total. The SMILES string of the molecule is O=C(O)C1CCCN1C(Cc1ccccn1)c1cccc(F)c1. The zero-order valence-corrected chi connectivity index (χ0v) is 12.7. The van der Waals surface area contributed by atoms with Crippen molar-refractivity contribution >= 4 is 5.97 Å².